The quantitative estimate of drug-likeness (QED) is 0.411. The maximum absolute atomic E-state index is 11.5. The molecule has 5 nitrogen and oxygen atoms in total. The fourth-order valence-corrected chi connectivity index (χ4v) is 2.86. The van der Waals surface area contributed by atoms with E-state index in [0.717, 1.165) is 45.0 Å². The minimum atomic E-state index is 0.162. The van der Waals surface area contributed by atoms with Gasteiger partial charge in [0.15, 0.2) is 5.96 Å². The molecule has 0 aliphatic carbocycles. The highest BCUT2D eigenvalue weighted by Gasteiger charge is 2.22. The van der Waals surface area contributed by atoms with E-state index >= 15 is 0 Å². The first kappa shape index (κ1) is 18.8. The van der Waals surface area contributed by atoms with Crippen molar-refractivity contribution in [2.75, 3.05) is 33.2 Å². The van der Waals surface area contributed by atoms with Crippen LogP contribution in [-0.4, -0.2) is 50.0 Å². The first-order valence-corrected chi connectivity index (χ1v) is 8.95. The molecule has 1 fully saturated rings. The molecule has 1 aliphatic heterocycles. The molecule has 0 atom stereocenters. The highest BCUT2D eigenvalue weighted by atomic mass is 16.1. The van der Waals surface area contributed by atoms with E-state index in [9.17, 15) is 4.79 Å². The topological polar surface area (TPSA) is 56.7 Å². The first-order chi connectivity index (χ1) is 10.7. The summed E-state index contributed by atoms with van der Waals surface area (Å²) in [7, 11) is 1.71. The SMILES string of the molecule is CCCCCCN=C(NCC)N1CCC(CC(=O)NC)CC1. The van der Waals surface area contributed by atoms with Gasteiger partial charge in [0.2, 0.25) is 5.91 Å². The van der Waals surface area contributed by atoms with E-state index in [4.69, 9.17) is 4.99 Å². The van der Waals surface area contributed by atoms with Gasteiger partial charge in [0.1, 0.15) is 0 Å². The Labute approximate surface area is 135 Å². The van der Waals surface area contributed by atoms with Crippen LogP contribution in [0.3, 0.4) is 0 Å². The molecule has 2 N–H and O–H groups in total. The van der Waals surface area contributed by atoms with Gasteiger partial charge in [0.25, 0.3) is 0 Å². The van der Waals surface area contributed by atoms with Gasteiger partial charge in [0.05, 0.1) is 0 Å². The Hall–Kier alpha value is -1.26. The zero-order chi connectivity index (χ0) is 16.2. The number of hydrogen-bond donors (Lipinski definition) is 2. The average molecular weight is 310 g/mol. The van der Waals surface area contributed by atoms with Crippen molar-refractivity contribution < 1.29 is 4.79 Å². The second-order valence-electron chi connectivity index (χ2n) is 6.10. The van der Waals surface area contributed by atoms with Gasteiger partial charge >= 0.3 is 0 Å². The third-order valence-corrected chi connectivity index (χ3v) is 4.28. The number of hydrogen-bond acceptors (Lipinski definition) is 2. The van der Waals surface area contributed by atoms with Gasteiger partial charge in [-0.2, -0.15) is 0 Å². The lowest BCUT2D eigenvalue weighted by Gasteiger charge is -2.34. The molecule has 0 aromatic heterocycles. The number of guanidine groups is 1. The smallest absolute Gasteiger partial charge is 0.220 e. The normalized spacial score (nSPS) is 16.7. The van der Waals surface area contributed by atoms with Gasteiger partial charge in [-0.15, -0.1) is 0 Å². The van der Waals surface area contributed by atoms with Crippen LogP contribution in [0.2, 0.25) is 0 Å². The molecule has 0 saturated carbocycles. The van der Waals surface area contributed by atoms with E-state index in [0.29, 0.717) is 12.3 Å². The van der Waals surface area contributed by atoms with E-state index < -0.39 is 0 Å². The summed E-state index contributed by atoms with van der Waals surface area (Å²) in [6.45, 7) is 8.18. The maximum atomic E-state index is 11.5. The molecule has 0 spiro atoms. The zero-order valence-corrected chi connectivity index (χ0v) is 14.7. The molecule has 0 aromatic rings. The molecule has 1 saturated heterocycles. The summed E-state index contributed by atoms with van der Waals surface area (Å²) in [5, 5.41) is 6.13. The standard InChI is InChI=1S/C17H34N4O/c1-4-6-7-8-11-20-17(19-5-2)21-12-9-15(10-13-21)14-16(22)18-3/h15H,4-14H2,1-3H3,(H,18,22)(H,19,20). The number of nitrogens with one attached hydrogen (secondary N) is 2. The van der Waals surface area contributed by atoms with Crippen molar-refractivity contribution in [3.63, 3.8) is 0 Å². The lowest BCUT2D eigenvalue weighted by molar-refractivity contribution is -0.121. The van der Waals surface area contributed by atoms with Crippen LogP contribution in [0, 0.1) is 5.92 Å². The van der Waals surface area contributed by atoms with Gasteiger partial charge in [-0.05, 0) is 32.1 Å². The van der Waals surface area contributed by atoms with Crippen LogP contribution in [0.4, 0.5) is 0 Å². The Bertz CT molecular complexity index is 336. The molecule has 128 valence electrons. The molecule has 1 aliphatic rings. The van der Waals surface area contributed by atoms with Crippen LogP contribution in [0.25, 0.3) is 0 Å². The molecule has 1 heterocycles. The van der Waals surface area contributed by atoms with Gasteiger partial charge < -0.3 is 15.5 Å². The summed E-state index contributed by atoms with van der Waals surface area (Å²) in [6.07, 6.45) is 7.83. The molecule has 0 unspecified atom stereocenters. The van der Waals surface area contributed by atoms with Gasteiger partial charge in [0, 0.05) is 39.6 Å². The third kappa shape index (κ3) is 7.14. The van der Waals surface area contributed by atoms with Gasteiger partial charge in [-0.3, -0.25) is 9.79 Å². The van der Waals surface area contributed by atoms with Crippen molar-refractivity contribution in [3.05, 3.63) is 0 Å². The molecule has 0 radical (unpaired) electrons. The number of carbonyl (C=O) groups is 1. The Balaban J connectivity index is 2.39. The number of piperidine rings is 1. The highest BCUT2D eigenvalue weighted by Crippen LogP contribution is 2.20. The Morgan fingerprint density at radius 2 is 1.91 bits per heavy atom. The van der Waals surface area contributed by atoms with Gasteiger partial charge in [-0.1, -0.05) is 26.2 Å². The van der Waals surface area contributed by atoms with Crippen LogP contribution in [0.5, 0.6) is 0 Å². The molecule has 5 heteroatoms. The van der Waals surface area contributed by atoms with E-state index in [2.05, 4.69) is 29.4 Å². The van der Waals surface area contributed by atoms with Crippen LogP contribution in [-0.2, 0) is 4.79 Å². The van der Waals surface area contributed by atoms with Crippen molar-refractivity contribution in [2.24, 2.45) is 10.9 Å². The maximum Gasteiger partial charge on any atom is 0.220 e. The largest absolute Gasteiger partial charge is 0.359 e. The average Bonchev–Trinajstić information content (AvgIpc) is 2.54. The van der Waals surface area contributed by atoms with E-state index in [-0.39, 0.29) is 5.91 Å². The van der Waals surface area contributed by atoms with Crippen LogP contribution in [0.15, 0.2) is 4.99 Å². The van der Waals surface area contributed by atoms with Crippen LogP contribution >= 0.6 is 0 Å². The number of carbonyl (C=O) groups excluding carboxylic acids is 1. The van der Waals surface area contributed by atoms with Gasteiger partial charge in [-0.25, -0.2) is 0 Å². The van der Waals surface area contributed by atoms with E-state index in [1.165, 1.54) is 25.7 Å². The number of likely N-dealkylation sites (tertiary alicyclic amines) is 1. The molecule has 1 rings (SSSR count). The molecular formula is C17H34N4O. The van der Waals surface area contributed by atoms with E-state index in [1.807, 2.05) is 0 Å². The number of amides is 1. The second kappa shape index (κ2) is 11.3. The summed E-state index contributed by atoms with van der Waals surface area (Å²) in [5.41, 5.74) is 0. The summed E-state index contributed by atoms with van der Waals surface area (Å²) in [4.78, 5) is 18.6. The summed E-state index contributed by atoms with van der Waals surface area (Å²) in [5.74, 6) is 1.73. The Kier molecular flexibility index (Phi) is 9.67. The number of rotatable bonds is 8. The Morgan fingerprint density at radius 3 is 2.50 bits per heavy atom. The number of unbranched alkanes of at least 4 members (excludes halogenated alkanes) is 3. The minimum absolute atomic E-state index is 0.162. The summed E-state index contributed by atoms with van der Waals surface area (Å²) < 4.78 is 0. The molecule has 1 amide bonds. The fraction of sp³-hybridized carbons (Fsp3) is 0.882. The van der Waals surface area contributed by atoms with Crippen LogP contribution in [0.1, 0.15) is 58.8 Å². The lowest BCUT2D eigenvalue weighted by atomic mass is 9.93. The van der Waals surface area contributed by atoms with Crippen molar-refractivity contribution in [1.29, 1.82) is 0 Å². The predicted molar refractivity (Wildman–Crippen MR) is 93.1 cm³/mol. The third-order valence-electron chi connectivity index (χ3n) is 4.28. The molecular weight excluding hydrogens is 276 g/mol. The van der Waals surface area contributed by atoms with E-state index in [1.54, 1.807) is 7.05 Å². The number of nitrogens with zero attached hydrogens (tertiary/aromatic N) is 2. The number of aliphatic imine (C=N–C) groups is 1. The Morgan fingerprint density at radius 1 is 1.18 bits per heavy atom. The first-order valence-electron chi connectivity index (χ1n) is 8.95. The molecule has 22 heavy (non-hydrogen) atoms. The zero-order valence-electron chi connectivity index (χ0n) is 14.7. The summed E-state index contributed by atoms with van der Waals surface area (Å²) >= 11 is 0. The molecule has 0 aromatic carbocycles. The monoisotopic (exact) mass is 310 g/mol. The van der Waals surface area contributed by atoms with Crippen molar-refractivity contribution in [1.82, 2.24) is 15.5 Å². The van der Waals surface area contributed by atoms with Crippen molar-refractivity contribution >= 4 is 11.9 Å². The highest BCUT2D eigenvalue weighted by molar-refractivity contribution is 5.80. The van der Waals surface area contributed by atoms with Crippen molar-refractivity contribution in [2.45, 2.75) is 58.8 Å². The molecule has 0 bridgehead atoms. The predicted octanol–water partition coefficient (Wildman–Crippen LogP) is 2.38. The van der Waals surface area contributed by atoms with Crippen LogP contribution < -0.4 is 10.6 Å². The second-order valence-corrected chi connectivity index (χ2v) is 6.10. The summed E-state index contributed by atoms with van der Waals surface area (Å²) in [6, 6.07) is 0. The lowest BCUT2D eigenvalue weighted by Crippen LogP contribution is -2.46. The minimum Gasteiger partial charge on any atom is -0.359 e. The van der Waals surface area contributed by atoms with Crippen molar-refractivity contribution in [3.8, 4) is 0 Å². The fourth-order valence-electron chi connectivity index (χ4n) is 2.86.